The maximum absolute atomic E-state index is 11.7. The lowest BCUT2D eigenvalue weighted by atomic mass is 10.00. The van der Waals surface area contributed by atoms with E-state index in [0.717, 1.165) is 5.56 Å². The van der Waals surface area contributed by atoms with Crippen LogP contribution in [-0.2, 0) is 11.2 Å². The standard InChI is InChI=1S/C15H16ClN3O2/c1-10(16)15(20)19-8-12(9-19)14-17-13(18-21-14)7-11-5-3-2-4-6-11/h2-6,10,12H,7-9H2,1H3. The van der Waals surface area contributed by atoms with Crippen molar-refractivity contribution in [2.75, 3.05) is 13.1 Å². The molecule has 1 unspecified atom stereocenters. The van der Waals surface area contributed by atoms with Crippen molar-refractivity contribution in [2.45, 2.75) is 24.6 Å². The highest BCUT2D eigenvalue weighted by Crippen LogP contribution is 2.27. The molecule has 0 radical (unpaired) electrons. The molecule has 1 atom stereocenters. The maximum atomic E-state index is 11.7. The first-order valence-corrected chi connectivity index (χ1v) is 7.36. The van der Waals surface area contributed by atoms with Gasteiger partial charge in [-0.25, -0.2) is 0 Å². The lowest BCUT2D eigenvalue weighted by Crippen LogP contribution is -2.50. The van der Waals surface area contributed by atoms with Gasteiger partial charge in [-0.3, -0.25) is 4.79 Å². The number of nitrogens with zero attached hydrogens (tertiary/aromatic N) is 3. The van der Waals surface area contributed by atoms with E-state index in [9.17, 15) is 4.79 Å². The average Bonchev–Trinajstić information content (AvgIpc) is 2.86. The Morgan fingerprint density at radius 1 is 1.43 bits per heavy atom. The Kier molecular flexibility index (Phi) is 3.92. The van der Waals surface area contributed by atoms with Crippen LogP contribution in [0.2, 0.25) is 0 Å². The third-order valence-corrected chi connectivity index (χ3v) is 3.76. The Morgan fingerprint density at radius 2 is 2.14 bits per heavy atom. The van der Waals surface area contributed by atoms with Crippen molar-refractivity contribution in [2.24, 2.45) is 0 Å². The van der Waals surface area contributed by atoms with Gasteiger partial charge in [-0.2, -0.15) is 4.98 Å². The number of likely N-dealkylation sites (tertiary alicyclic amines) is 1. The molecule has 0 bridgehead atoms. The van der Waals surface area contributed by atoms with Gasteiger partial charge in [0, 0.05) is 19.5 Å². The van der Waals surface area contributed by atoms with E-state index in [2.05, 4.69) is 10.1 Å². The Bertz CT molecular complexity index is 621. The van der Waals surface area contributed by atoms with Gasteiger partial charge < -0.3 is 9.42 Å². The predicted octanol–water partition coefficient (Wildman–Crippen LogP) is 2.21. The number of hydrogen-bond acceptors (Lipinski definition) is 4. The Hall–Kier alpha value is -1.88. The molecular formula is C15H16ClN3O2. The highest BCUT2D eigenvalue weighted by molar-refractivity contribution is 6.30. The van der Waals surface area contributed by atoms with Gasteiger partial charge in [-0.15, -0.1) is 11.6 Å². The SMILES string of the molecule is CC(Cl)C(=O)N1CC(c2nc(Cc3ccccc3)no2)C1. The number of aromatic nitrogens is 2. The number of hydrogen-bond donors (Lipinski definition) is 0. The fourth-order valence-electron chi connectivity index (χ4n) is 2.35. The van der Waals surface area contributed by atoms with Crippen molar-refractivity contribution in [3.05, 3.63) is 47.6 Å². The minimum atomic E-state index is -0.484. The van der Waals surface area contributed by atoms with Crippen LogP contribution in [0, 0.1) is 0 Å². The van der Waals surface area contributed by atoms with Gasteiger partial charge >= 0.3 is 0 Å². The second kappa shape index (κ2) is 5.85. The largest absolute Gasteiger partial charge is 0.340 e. The van der Waals surface area contributed by atoms with Crippen LogP contribution >= 0.6 is 11.6 Å². The van der Waals surface area contributed by atoms with Crippen LogP contribution in [0.4, 0.5) is 0 Å². The summed E-state index contributed by atoms with van der Waals surface area (Å²) in [6.45, 7) is 2.88. The molecule has 0 aliphatic carbocycles. The van der Waals surface area contributed by atoms with Gasteiger partial charge in [0.05, 0.1) is 5.92 Å². The topological polar surface area (TPSA) is 59.2 Å². The molecule has 6 heteroatoms. The summed E-state index contributed by atoms with van der Waals surface area (Å²) in [5, 5.41) is 3.52. The monoisotopic (exact) mass is 305 g/mol. The summed E-state index contributed by atoms with van der Waals surface area (Å²) >= 11 is 5.78. The first kappa shape index (κ1) is 14.1. The molecule has 5 nitrogen and oxygen atoms in total. The van der Waals surface area contributed by atoms with Gasteiger partial charge in [0.2, 0.25) is 11.8 Å². The summed E-state index contributed by atoms with van der Waals surface area (Å²) in [5.74, 6) is 1.36. The molecule has 1 aliphatic heterocycles. The molecule has 1 aromatic carbocycles. The fourth-order valence-corrected chi connectivity index (χ4v) is 2.49. The number of rotatable bonds is 4. The number of amides is 1. The predicted molar refractivity (Wildman–Crippen MR) is 78.2 cm³/mol. The van der Waals surface area contributed by atoms with Crippen LogP contribution < -0.4 is 0 Å². The Morgan fingerprint density at radius 3 is 2.81 bits per heavy atom. The van der Waals surface area contributed by atoms with E-state index in [-0.39, 0.29) is 11.8 Å². The molecule has 1 saturated heterocycles. The zero-order valence-electron chi connectivity index (χ0n) is 11.7. The Labute approximate surface area is 127 Å². The molecule has 21 heavy (non-hydrogen) atoms. The number of carbonyl (C=O) groups is 1. The minimum Gasteiger partial charge on any atom is -0.340 e. The molecule has 1 aromatic heterocycles. The van der Waals surface area contributed by atoms with Gasteiger partial charge in [0.15, 0.2) is 5.82 Å². The molecule has 2 aromatic rings. The van der Waals surface area contributed by atoms with E-state index in [1.165, 1.54) is 0 Å². The number of halogens is 1. The van der Waals surface area contributed by atoms with Crippen LogP contribution in [0.15, 0.2) is 34.9 Å². The summed E-state index contributed by atoms with van der Waals surface area (Å²) in [6, 6.07) is 10.0. The number of benzene rings is 1. The maximum Gasteiger partial charge on any atom is 0.240 e. The average molecular weight is 306 g/mol. The van der Waals surface area contributed by atoms with E-state index >= 15 is 0 Å². The normalized spacial score (nSPS) is 16.6. The van der Waals surface area contributed by atoms with Gasteiger partial charge in [-0.1, -0.05) is 35.5 Å². The van der Waals surface area contributed by atoms with E-state index < -0.39 is 5.38 Å². The van der Waals surface area contributed by atoms with Crippen LogP contribution in [0.25, 0.3) is 0 Å². The van der Waals surface area contributed by atoms with Crippen molar-refractivity contribution in [1.82, 2.24) is 15.0 Å². The number of carbonyl (C=O) groups excluding carboxylic acids is 1. The first-order chi connectivity index (χ1) is 10.1. The van der Waals surface area contributed by atoms with Crippen molar-refractivity contribution in [3.63, 3.8) is 0 Å². The van der Waals surface area contributed by atoms with Crippen LogP contribution in [0.5, 0.6) is 0 Å². The van der Waals surface area contributed by atoms with Crippen molar-refractivity contribution < 1.29 is 9.32 Å². The van der Waals surface area contributed by atoms with E-state index in [4.69, 9.17) is 16.1 Å². The molecule has 110 valence electrons. The fraction of sp³-hybridized carbons (Fsp3) is 0.400. The van der Waals surface area contributed by atoms with Crippen molar-refractivity contribution in [1.29, 1.82) is 0 Å². The molecule has 0 saturated carbocycles. The van der Waals surface area contributed by atoms with Crippen molar-refractivity contribution in [3.8, 4) is 0 Å². The van der Waals surface area contributed by atoms with Crippen molar-refractivity contribution >= 4 is 17.5 Å². The molecule has 1 amide bonds. The zero-order chi connectivity index (χ0) is 14.8. The molecule has 0 spiro atoms. The van der Waals surface area contributed by atoms with Crippen LogP contribution in [0.1, 0.15) is 30.1 Å². The third-order valence-electron chi connectivity index (χ3n) is 3.57. The first-order valence-electron chi connectivity index (χ1n) is 6.92. The summed E-state index contributed by atoms with van der Waals surface area (Å²) in [6.07, 6.45) is 0.651. The molecule has 1 aliphatic rings. The summed E-state index contributed by atoms with van der Waals surface area (Å²) in [5.41, 5.74) is 1.14. The summed E-state index contributed by atoms with van der Waals surface area (Å²) < 4.78 is 5.30. The highest BCUT2D eigenvalue weighted by Gasteiger charge is 2.36. The Balaban J connectivity index is 1.58. The smallest absolute Gasteiger partial charge is 0.240 e. The lowest BCUT2D eigenvalue weighted by molar-refractivity contribution is -0.135. The molecule has 2 heterocycles. The molecule has 1 fully saturated rings. The van der Waals surface area contributed by atoms with Gasteiger partial charge in [0.25, 0.3) is 0 Å². The van der Waals surface area contributed by atoms with Crippen LogP contribution in [0.3, 0.4) is 0 Å². The van der Waals surface area contributed by atoms with Crippen LogP contribution in [-0.4, -0.2) is 39.4 Å². The van der Waals surface area contributed by atoms with E-state index in [1.54, 1.807) is 11.8 Å². The summed E-state index contributed by atoms with van der Waals surface area (Å²) in [4.78, 5) is 17.8. The van der Waals surface area contributed by atoms with Gasteiger partial charge in [0.1, 0.15) is 5.38 Å². The minimum absolute atomic E-state index is 0.0445. The summed E-state index contributed by atoms with van der Waals surface area (Å²) in [7, 11) is 0. The van der Waals surface area contributed by atoms with E-state index in [1.807, 2.05) is 30.3 Å². The molecular weight excluding hydrogens is 290 g/mol. The van der Waals surface area contributed by atoms with E-state index in [0.29, 0.717) is 31.2 Å². The zero-order valence-corrected chi connectivity index (χ0v) is 12.5. The second-order valence-electron chi connectivity index (χ2n) is 5.27. The third kappa shape index (κ3) is 3.08. The highest BCUT2D eigenvalue weighted by atomic mass is 35.5. The van der Waals surface area contributed by atoms with Gasteiger partial charge in [-0.05, 0) is 12.5 Å². The molecule has 0 N–H and O–H groups in total. The lowest BCUT2D eigenvalue weighted by Gasteiger charge is -2.37. The molecule has 3 rings (SSSR count). The second-order valence-corrected chi connectivity index (χ2v) is 5.92. The number of alkyl halides is 1. The quantitative estimate of drug-likeness (QED) is 0.813.